The fourth-order valence-corrected chi connectivity index (χ4v) is 2.77. The molecular weight excluding hydrogens is 280 g/mol. The fourth-order valence-electron chi connectivity index (χ4n) is 2.06. The maximum atomic E-state index is 12.0. The van der Waals surface area contributed by atoms with Crippen molar-refractivity contribution in [2.75, 3.05) is 31.7 Å². The highest BCUT2D eigenvalue weighted by Gasteiger charge is 2.32. The van der Waals surface area contributed by atoms with Crippen molar-refractivity contribution in [3.8, 4) is 0 Å². The second-order valence-electron chi connectivity index (χ2n) is 5.01. The van der Waals surface area contributed by atoms with Gasteiger partial charge < -0.3 is 19.7 Å². The Bertz CT molecular complexity index is 477. The number of nitrogens with one attached hydrogen (secondary N) is 1. The first-order valence-corrected chi connectivity index (χ1v) is 7.52. The number of morpholine rings is 1. The summed E-state index contributed by atoms with van der Waals surface area (Å²) < 4.78 is 14.8. The number of carbonyl (C=O) groups is 1. The van der Waals surface area contributed by atoms with E-state index in [-0.39, 0.29) is 5.91 Å². The van der Waals surface area contributed by atoms with Crippen LogP contribution in [0.15, 0.2) is 0 Å². The Morgan fingerprint density at radius 1 is 1.60 bits per heavy atom. The van der Waals surface area contributed by atoms with Crippen LogP contribution in [0, 0.1) is 0 Å². The number of nitrogens with zero attached hydrogens (tertiary/aromatic N) is 3. The smallest absolute Gasteiger partial charge is 0.251 e. The van der Waals surface area contributed by atoms with Crippen LogP contribution in [0.5, 0.6) is 0 Å². The molecule has 1 unspecified atom stereocenters. The van der Waals surface area contributed by atoms with Crippen molar-refractivity contribution >= 4 is 22.6 Å². The van der Waals surface area contributed by atoms with Crippen LogP contribution >= 0.6 is 11.5 Å². The van der Waals surface area contributed by atoms with Gasteiger partial charge in [-0.25, -0.2) is 4.98 Å². The Labute approximate surface area is 121 Å². The van der Waals surface area contributed by atoms with Crippen molar-refractivity contribution in [2.45, 2.75) is 31.6 Å². The molecule has 8 heteroatoms. The standard InChI is InChI=1S/C12H18N4O3S/c1-18-7-10-14-12(20-15-10)16-4-5-19-9(6-16)11(17)13-8-2-3-8/h8-9H,2-7H2,1H3,(H,13,17). The normalized spacial score (nSPS) is 22.9. The van der Waals surface area contributed by atoms with Crippen molar-refractivity contribution in [2.24, 2.45) is 0 Å². The number of methoxy groups -OCH3 is 1. The third-order valence-electron chi connectivity index (χ3n) is 3.28. The molecule has 2 fully saturated rings. The monoisotopic (exact) mass is 298 g/mol. The highest BCUT2D eigenvalue weighted by atomic mass is 32.1. The van der Waals surface area contributed by atoms with Gasteiger partial charge in [0.15, 0.2) is 11.9 Å². The van der Waals surface area contributed by atoms with Crippen molar-refractivity contribution in [1.82, 2.24) is 14.7 Å². The first-order chi connectivity index (χ1) is 9.76. The summed E-state index contributed by atoms with van der Waals surface area (Å²) in [4.78, 5) is 18.5. The maximum absolute atomic E-state index is 12.0. The van der Waals surface area contributed by atoms with E-state index in [1.54, 1.807) is 7.11 Å². The van der Waals surface area contributed by atoms with E-state index in [9.17, 15) is 4.79 Å². The Hall–Kier alpha value is -1.25. The zero-order valence-corrected chi connectivity index (χ0v) is 12.2. The summed E-state index contributed by atoms with van der Waals surface area (Å²) in [5, 5.41) is 3.80. The lowest BCUT2D eigenvalue weighted by molar-refractivity contribution is -0.133. The summed E-state index contributed by atoms with van der Waals surface area (Å²) in [7, 11) is 1.62. The van der Waals surface area contributed by atoms with Crippen LogP contribution in [0.4, 0.5) is 5.13 Å². The van der Waals surface area contributed by atoms with Gasteiger partial charge in [0.1, 0.15) is 6.61 Å². The molecule has 1 saturated carbocycles. The molecule has 1 saturated heterocycles. The van der Waals surface area contributed by atoms with Crippen molar-refractivity contribution in [1.29, 1.82) is 0 Å². The number of hydrogen-bond donors (Lipinski definition) is 1. The molecule has 20 heavy (non-hydrogen) atoms. The molecule has 0 bridgehead atoms. The molecule has 1 N–H and O–H groups in total. The van der Waals surface area contributed by atoms with Gasteiger partial charge in [0.05, 0.1) is 13.2 Å². The molecule has 1 amide bonds. The summed E-state index contributed by atoms with van der Waals surface area (Å²) in [5.74, 6) is 0.664. The van der Waals surface area contributed by atoms with Gasteiger partial charge >= 0.3 is 0 Å². The highest BCUT2D eigenvalue weighted by Crippen LogP contribution is 2.22. The lowest BCUT2D eigenvalue weighted by Gasteiger charge is -2.31. The van der Waals surface area contributed by atoms with E-state index in [4.69, 9.17) is 9.47 Å². The molecule has 1 aromatic heterocycles. The molecular formula is C12H18N4O3S. The quantitative estimate of drug-likeness (QED) is 0.835. The van der Waals surface area contributed by atoms with Crippen LogP contribution in [0.2, 0.25) is 0 Å². The van der Waals surface area contributed by atoms with E-state index in [0.717, 1.165) is 24.5 Å². The zero-order valence-electron chi connectivity index (χ0n) is 11.4. The van der Waals surface area contributed by atoms with Gasteiger partial charge in [-0.3, -0.25) is 4.79 Å². The topological polar surface area (TPSA) is 76.6 Å². The number of hydrogen-bond acceptors (Lipinski definition) is 7. The van der Waals surface area contributed by atoms with E-state index in [1.165, 1.54) is 11.5 Å². The highest BCUT2D eigenvalue weighted by molar-refractivity contribution is 7.09. The van der Waals surface area contributed by atoms with Crippen LogP contribution in [-0.4, -0.2) is 54.2 Å². The molecule has 2 heterocycles. The van der Waals surface area contributed by atoms with Crippen LogP contribution in [0.25, 0.3) is 0 Å². The van der Waals surface area contributed by atoms with Gasteiger partial charge in [-0.05, 0) is 12.8 Å². The van der Waals surface area contributed by atoms with Crippen LogP contribution in [0.1, 0.15) is 18.7 Å². The molecule has 1 atom stereocenters. The second-order valence-corrected chi connectivity index (χ2v) is 5.74. The lowest BCUT2D eigenvalue weighted by atomic mass is 10.2. The fraction of sp³-hybridized carbons (Fsp3) is 0.750. The van der Waals surface area contributed by atoms with Gasteiger partial charge in [-0.2, -0.15) is 4.37 Å². The van der Waals surface area contributed by atoms with Gasteiger partial charge in [-0.15, -0.1) is 0 Å². The average Bonchev–Trinajstić information content (AvgIpc) is 3.15. The molecule has 0 aromatic carbocycles. The maximum Gasteiger partial charge on any atom is 0.251 e. The van der Waals surface area contributed by atoms with E-state index in [2.05, 4.69) is 19.6 Å². The van der Waals surface area contributed by atoms with Crippen LogP contribution in [0.3, 0.4) is 0 Å². The van der Waals surface area contributed by atoms with Crippen LogP contribution in [-0.2, 0) is 20.9 Å². The lowest BCUT2D eigenvalue weighted by Crippen LogP contribution is -2.50. The summed E-state index contributed by atoms with van der Waals surface area (Å²) in [5.41, 5.74) is 0. The number of amides is 1. The summed E-state index contributed by atoms with van der Waals surface area (Å²) in [6.45, 7) is 2.20. The Morgan fingerprint density at radius 3 is 3.20 bits per heavy atom. The molecule has 1 aliphatic carbocycles. The molecule has 2 aliphatic rings. The van der Waals surface area contributed by atoms with Crippen molar-refractivity contribution in [3.63, 3.8) is 0 Å². The largest absolute Gasteiger partial charge is 0.377 e. The molecule has 110 valence electrons. The third kappa shape index (κ3) is 3.25. The number of carbonyl (C=O) groups excluding carboxylic acids is 1. The Morgan fingerprint density at radius 2 is 2.45 bits per heavy atom. The minimum atomic E-state index is -0.417. The first kappa shape index (κ1) is 13.7. The first-order valence-electron chi connectivity index (χ1n) is 6.74. The summed E-state index contributed by atoms with van der Waals surface area (Å²) in [6.07, 6.45) is 1.75. The number of aromatic nitrogens is 2. The number of anilines is 1. The molecule has 3 rings (SSSR count). The average molecular weight is 298 g/mol. The minimum Gasteiger partial charge on any atom is -0.377 e. The molecule has 7 nitrogen and oxygen atoms in total. The molecule has 1 aliphatic heterocycles. The van der Waals surface area contributed by atoms with Gasteiger partial charge in [-0.1, -0.05) is 0 Å². The summed E-state index contributed by atoms with van der Waals surface area (Å²) >= 11 is 1.33. The van der Waals surface area contributed by atoms with Gasteiger partial charge in [0.2, 0.25) is 5.13 Å². The van der Waals surface area contributed by atoms with Crippen molar-refractivity contribution in [3.05, 3.63) is 5.82 Å². The predicted octanol–water partition coefficient (Wildman–Crippen LogP) is 0.168. The van der Waals surface area contributed by atoms with Crippen molar-refractivity contribution < 1.29 is 14.3 Å². The Kier molecular flexibility index (Phi) is 4.13. The van der Waals surface area contributed by atoms with E-state index < -0.39 is 6.10 Å². The third-order valence-corrected chi connectivity index (χ3v) is 4.10. The molecule has 1 aromatic rings. The van der Waals surface area contributed by atoms with E-state index in [0.29, 0.717) is 31.6 Å². The zero-order chi connectivity index (χ0) is 13.9. The second kappa shape index (κ2) is 6.02. The number of ether oxygens (including phenoxy) is 2. The summed E-state index contributed by atoms with van der Waals surface area (Å²) in [6, 6.07) is 0.358. The SMILES string of the molecule is COCc1nsc(N2CCOC(C(=O)NC3CC3)C2)n1. The minimum absolute atomic E-state index is 0.0150. The van der Waals surface area contributed by atoms with Gasteiger partial charge in [0.25, 0.3) is 5.91 Å². The van der Waals surface area contributed by atoms with Gasteiger partial charge in [0, 0.05) is 31.2 Å². The predicted molar refractivity (Wildman–Crippen MR) is 73.7 cm³/mol. The number of rotatable bonds is 5. The van der Waals surface area contributed by atoms with E-state index in [1.807, 2.05) is 0 Å². The molecule has 0 spiro atoms. The van der Waals surface area contributed by atoms with E-state index >= 15 is 0 Å². The van der Waals surface area contributed by atoms with Crippen LogP contribution < -0.4 is 10.2 Å². The molecule has 0 radical (unpaired) electrons. The Balaban J connectivity index is 1.59.